The fraction of sp³-hybridized carbons (Fsp3) is 0.167. The molecule has 0 fully saturated rings. The van der Waals surface area contributed by atoms with Crippen molar-refractivity contribution in [2.75, 3.05) is 0 Å². The summed E-state index contributed by atoms with van der Waals surface area (Å²) in [6.07, 6.45) is 3.36. The van der Waals surface area contributed by atoms with E-state index in [2.05, 4.69) is 31.2 Å². The van der Waals surface area contributed by atoms with Crippen LogP contribution in [0.4, 0.5) is 0 Å². The maximum atomic E-state index is 12.0. The van der Waals surface area contributed by atoms with Gasteiger partial charge in [0.1, 0.15) is 5.82 Å². The number of aromatic amines is 1. The molecule has 2 N–H and O–H groups in total. The smallest absolute Gasteiger partial charge is 0.253 e. The summed E-state index contributed by atoms with van der Waals surface area (Å²) in [5, 5.41) is 3.24. The van der Waals surface area contributed by atoms with Crippen LogP contribution < -0.4 is 5.32 Å². The quantitative estimate of drug-likeness (QED) is 0.908. The topological polar surface area (TPSA) is 57.8 Å². The number of nitrogens with one attached hydrogen (secondary N) is 2. The van der Waals surface area contributed by atoms with E-state index in [0.717, 1.165) is 4.47 Å². The van der Waals surface area contributed by atoms with Crippen LogP contribution in [0.25, 0.3) is 0 Å². The number of nitrogens with zero attached hydrogens (tertiary/aromatic N) is 1. The maximum absolute atomic E-state index is 12.0. The number of hydrogen-bond donors (Lipinski definition) is 2. The molecule has 0 bridgehead atoms. The number of aromatic nitrogens is 2. The Balaban J connectivity index is 2.12. The molecule has 4 nitrogen and oxygen atoms in total. The summed E-state index contributed by atoms with van der Waals surface area (Å²) < 4.78 is 0.836. The maximum Gasteiger partial charge on any atom is 0.253 e. The lowest BCUT2D eigenvalue weighted by Crippen LogP contribution is -2.27. The Kier molecular flexibility index (Phi) is 4.04. The summed E-state index contributed by atoms with van der Waals surface area (Å²) in [6.45, 7) is 1.85. The standard InChI is InChI=1S/C12H11BrClN3O/c1-7(11-15-4-5-16-11)17-12(18)9-3-2-8(13)6-10(9)14/h2-7H,1H3,(H,15,16)(H,17,18). The number of amides is 1. The lowest BCUT2D eigenvalue weighted by molar-refractivity contribution is 0.0938. The largest absolute Gasteiger partial charge is 0.347 e. The third kappa shape index (κ3) is 2.91. The van der Waals surface area contributed by atoms with E-state index >= 15 is 0 Å². The van der Waals surface area contributed by atoms with Gasteiger partial charge in [0.15, 0.2) is 0 Å². The van der Waals surface area contributed by atoms with Crippen LogP contribution in [0.1, 0.15) is 29.1 Å². The molecule has 6 heteroatoms. The van der Waals surface area contributed by atoms with E-state index in [9.17, 15) is 4.79 Å². The average Bonchev–Trinajstić information content (AvgIpc) is 2.81. The van der Waals surface area contributed by atoms with Crippen molar-refractivity contribution in [3.63, 3.8) is 0 Å². The number of hydrogen-bond acceptors (Lipinski definition) is 2. The molecule has 1 heterocycles. The number of benzene rings is 1. The van der Waals surface area contributed by atoms with Gasteiger partial charge in [-0.05, 0) is 25.1 Å². The first-order valence-electron chi connectivity index (χ1n) is 5.33. The van der Waals surface area contributed by atoms with E-state index in [-0.39, 0.29) is 11.9 Å². The first-order valence-corrected chi connectivity index (χ1v) is 6.50. The van der Waals surface area contributed by atoms with Gasteiger partial charge >= 0.3 is 0 Å². The van der Waals surface area contributed by atoms with E-state index in [1.54, 1.807) is 30.6 Å². The summed E-state index contributed by atoms with van der Waals surface area (Å²) in [5.74, 6) is 0.480. The molecule has 1 aromatic carbocycles. The van der Waals surface area contributed by atoms with Crippen molar-refractivity contribution < 1.29 is 4.79 Å². The molecular weight excluding hydrogens is 318 g/mol. The fourth-order valence-electron chi connectivity index (χ4n) is 1.53. The molecule has 0 aliphatic rings. The number of carbonyl (C=O) groups is 1. The van der Waals surface area contributed by atoms with Gasteiger partial charge in [-0.15, -0.1) is 0 Å². The molecule has 0 radical (unpaired) electrons. The lowest BCUT2D eigenvalue weighted by atomic mass is 10.2. The predicted molar refractivity (Wildman–Crippen MR) is 73.6 cm³/mol. The molecule has 2 aromatic rings. The SMILES string of the molecule is CC(NC(=O)c1ccc(Br)cc1Cl)c1ncc[nH]1. The monoisotopic (exact) mass is 327 g/mol. The van der Waals surface area contributed by atoms with Crippen LogP contribution in [-0.2, 0) is 0 Å². The second kappa shape index (κ2) is 5.54. The molecular formula is C12H11BrClN3O. The van der Waals surface area contributed by atoms with Crippen molar-refractivity contribution in [3.8, 4) is 0 Å². The highest BCUT2D eigenvalue weighted by atomic mass is 79.9. The molecule has 1 unspecified atom stereocenters. The molecule has 18 heavy (non-hydrogen) atoms. The molecule has 1 aromatic heterocycles. The zero-order valence-corrected chi connectivity index (χ0v) is 11.9. The average molecular weight is 329 g/mol. The van der Waals surface area contributed by atoms with Crippen LogP contribution in [0.3, 0.4) is 0 Å². The Morgan fingerprint density at radius 3 is 2.94 bits per heavy atom. The number of carbonyl (C=O) groups excluding carboxylic acids is 1. The van der Waals surface area contributed by atoms with Gasteiger partial charge < -0.3 is 10.3 Å². The zero-order chi connectivity index (χ0) is 13.1. The molecule has 0 aliphatic carbocycles. The fourth-order valence-corrected chi connectivity index (χ4v) is 2.29. The van der Waals surface area contributed by atoms with Crippen molar-refractivity contribution in [2.45, 2.75) is 13.0 Å². The second-order valence-electron chi connectivity index (χ2n) is 3.79. The van der Waals surface area contributed by atoms with Gasteiger partial charge in [0.25, 0.3) is 5.91 Å². The van der Waals surface area contributed by atoms with Crippen LogP contribution in [0.15, 0.2) is 35.1 Å². The van der Waals surface area contributed by atoms with E-state index in [1.165, 1.54) is 0 Å². The van der Waals surface area contributed by atoms with Gasteiger partial charge in [0.05, 0.1) is 16.6 Å². The normalized spacial score (nSPS) is 12.2. The molecule has 0 saturated heterocycles. The first kappa shape index (κ1) is 13.1. The van der Waals surface area contributed by atoms with Gasteiger partial charge in [-0.3, -0.25) is 4.79 Å². The summed E-state index contributed by atoms with van der Waals surface area (Å²) >= 11 is 9.32. The summed E-state index contributed by atoms with van der Waals surface area (Å²) in [4.78, 5) is 19.1. The van der Waals surface area contributed by atoms with Gasteiger partial charge in [0, 0.05) is 16.9 Å². The highest BCUT2D eigenvalue weighted by Crippen LogP contribution is 2.21. The highest BCUT2D eigenvalue weighted by Gasteiger charge is 2.15. The Labute approximate surface area is 118 Å². The van der Waals surface area contributed by atoms with Gasteiger partial charge in [-0.2, -0.15) is 0 Å². The van der Waals surface area contributed by atoms with Crippen LogP contribution >= 0.6 is 27.5 Å². The Hall–Kier alpha value is -1.33. The van der Waals surface area contributed by atoms with Crippen LogP contribution in [-0.4, -0.2) is 15.9 Å². The Bertz CT molecular complexity index is 556. The summed E-state index contributed by atoms with van der Waals surface area (Å²) in [5.41, 5.74) is 0.443. The van der Waals surface area contributed by atoms with E-state index in [0.29, 0.717) is 16.4 Å². The minimum atomic E-state index is -0.226. The van der Waals surface area contributed by atoms with Crippen molar-refractivity contribution in [1.29, 1.82) is 0 Å². The van der Waals surface area contributed by atoms with Crippen LogP contribution in [0, 0.1) is 0 Å². The molecule has 94 valence electrons. The second-order valence-corrected chi connectivity index (χ2v) is 5.12. The number of H-pyrrole nitrogens is 1. The molecule has 0 saturated carbocycles. The predicted octanol–water partition coefficient (Wildman–Crippen LogP) is 3.32. The molecule has 1 atom stereocenters. The van der Waals surface area contributed by atoms with Gasteiger partial charge in [-0.25, -0.2) is 4.98 Å². The third-order valence-corrected chi connectivity index (χ3v) is 3.26. The minimum Gasteiger partial charge on any atom is -0.347 e. The van der Waals surface area contributed by atoms with Gasteiger partial charge in [0.2, 0.25) is 0 Å². The summed E-state index contributed by atoms with van der Waals surface area (Å²) in [7, 11) is 0. The molecule has 0 aliphatic heterocycles. The number of halogens is 2. The first-order chi connectivity index (χ1) is 8.58. The van der Waals surface area contributed by atoms with Gasteiger partial charge in [-0.1, -0.05) is 27.5 Å². The summed E-state index contributed by atoms with van der Waals surface area (Å²) in [6, 6.07) is 4.94. The van der Waals surface area contributed by atoms with E-state index in [1.807, 2.05) is 6.92 Å². The Morgan fingerprint density at radius 1 is 1.56 bits per heavy atom. The van der Waals surface area contributed by atoms with E-state index in [4.69, 9.17) is 11.6 Å². The molecule has 2 rings (SSSR count). The third-order valence-electron chi connectivity index (χ3n) is 2.45. The Morgan fingerprint density at radius 2 is 2.33 bits per heavy atom. The van der Waals surface area contributed by atoms with Crippen molar-refractivity contribution in [2.24, 2.45) is 0 Å². The van der Waals surface area contributed by atoms with Crippen molar-refractivity contribution in [1.82, 2.24) is 15.3 Å². The highest BCUT2D eigenvalue weighted by molar-refractivity contribution is 9.10. The van der Waals surface area contributed by atoms with Crippen LogP contribution in [0.5, 0.6) is 0 Å². The van der Waals surface area contributed by atoms with E-state index < -0.39 is 0 Å². The van der Waals surface area contributed by atoms with Crippen molar-refractivity contribution in [3.05, 3.63) is 51.5 Å². The lowest BCUT2D eigenvalue weighted by Gasteiger charge is -2.12. The number of rotatable bonds is 3. The zero-order valence-electron chi connectivity index (χ0n) is 9.58. The van der Waals surface area contributed by atoms with Crippen molar-refractivity contribution >= 4 is 33.4 Å². The molecule has 0 spiro atoms. The number of imidazole rings is 1. The molecule has 1 amide bonds. The van der Waals surface area contributed by atoms with Crippen LogP contribution in [0.2, 0.25) is 5.02 Å². The minimum absolute atomic E-state index is 0.202.